The molecule has 0 aliphatic carbocycles. The van der Waals surface area contributed by atoms with Crippen molar-refractivity contribution in [2.45, 2.75) is 25.4 Å². The Morgan fingerprint density at radius 1 is 1.33 bits per heavy atom. The number of hydrogen-bond donors (Lipinski definition) is 1. The predicted molar refractivity (Wildman–Crippen MR) is 89.8 cm³/mol. The highest BCUT2D eigenvalue weighted by Gasteiger charge is 2.25. The van der Waals surface area contributed by atoms with E-state index in [-0.39, 0.29) is 12.3 Å². The third-order valence-electron chi connectivity index (χ3n) is 4.48. The van der Waals surface area contributed by atoms with Crippen molar-refractivity contribution < 1.29 is 19.4 Å². The lowest BCUT2D eigenvalue weighted by atomic mass is 10.1. The fourth-order valence-electron chi connectivity index (χ4n) is 3.29. The lowest BCUT2D eigenvalue weighted by Gasteiger charge is -2.32. The van der Waals surface area contributed by atoms with Crippen LogP contribution >= 0.6 is 0 Å². The number of carbonyl (C=O) groups is 2. The number of aryl methyl sites for hydroxylation is 2. The number of hydrogen-bond acceptors (Lipinski definition) is 3. The molecule has 0 unspecified atom stereocenters. The summed E-state index contributed by atoms with van der Waals surface area (Å²) in [6.45, 7) is 1.29. The maximum atomic E-state index is 12.5. The average molecular weight is 330 g/mol. The minimum Gasteiger partial charge on any atom is -0.481 e. The van der Waals surface area contributed by atoms with E-state index in [1.165, 1.54) is 5.39 Å². The molecule has 1 fully saturated rings. The fraction of sp³-hybridized carbons (Fsp3) is 0.444. The molecule has 1 atom stereocenters. The van der Waals surface area contributed by atoms with Crippen LogP contribution < -0.4 is 0 Å². The second-order valence-corrected chi connectivity index (χ2v) is 6.21. The summed E-state index contributed by atoms with van der Waals surface area (Å²) in [6.07, 6.45) is 2.71. The van der Waals surface area contributed by atoms with Crippen molar-refractivity contribution in [3.8, 4) is 0 Å². The van der Waals surface area contributed by atoms with E-state index in [1.807, 2.05) is 19.2 Å². The van der Waals surface area contributed by atoms with Crippen molar-refractivity contribution in [3.05, 3.63) is 36.0 Å². The van der Waals surface area contributed by atoms with Gasteiger partial charge in [-0.3, -0.25) is 9.59 Å². The number of morpholine rings is 1. The molecule has 1 aromatic heterocycles. The van der Waals surface area contributed by atoms with E-state index in [2.05, 4.69) is 22.9 Å². The fourth-order valence-corrected chi connectivity index (χ4v) is 3.29. The van der Waals surface area contributed by atoms with Crippen molar-refractivity contribution in [2.24, 2.45) is 7.05 Å². The van der Waals surface area contributed by atoms with E-state index in [1.54, 1.807) is 4.90 Å². The van der Waals surface area contributed by atoms with Crippen LogP contribution in [0, 0.1) is 0 Å². The zero-order chi connectivity index (χ0) is 17.1. The highest BCUT2D eigenvalue weighted by atomic mass is 16.5. The number of benzene rings is 1. The van der Waals surface area contributed by atoms with Gasteiger partial charge in [0.2, 0.25) is 5.91 Å². The molecular formula is C18H22N2O4. The second-order valence-electron chi connectivity index (χ2n) is 6.21. The number of aliphatic carboxylic acids is 1. The third kappa shape index (κ3) is 3.59. The number of carboxylic acids is 1. The standard InChI is InChI=1S/C18H22N2O4/c1-19-11-13(15-4-2-3-5-16(15)19)6-7-17(21)20-8-9-24-14(12-20)10-18(22)23/h2-5,11,14H,6-10,12H2,1H3,(H,22,23)/t14-/m0/s1. The molecule has 2 aromatic rings. The number of carbonyl (C=O) groups excluding carboxylic acids is 1. The maximum absolute atomic E-state index is 12.5. The Bertz CT molecular complexity index is 753. The van der Waals surface area contributed by atoms with E-state index < -0.39 is 12.1 Å². The Hall–Kier alpha value is -2.34. The Morgan fingerprint density at radius 3 is 2.92 bits per heavy atom. The van der Waals surface area contributed by atoms with Crippen LogP contribution in [0.2, 0.25) is 0 Å². The van der Waals surface area contributed by atoms with Gasteiger partial charge in [0, 0.05) is 43.7 Å². The Morgan fingerprint density at radius 2 is 2.12 bits per heavy atom. The SMILES string of the molecule is Cn1cc(CCC(=O)N2CCO[C@@H](CC(=O)O)C2)c2ccccc21. The van der Waals surface area contributed by atoms with Crippen LogP contribution in [0.3, 0.4) is 0 Å². The quantitative estimate of drug-likeness (QED) is 0.907. The number of aromatic nitrogens is 1. The molecule has 6 heteroatoms. The molecule has 2 heterocycles. The molecule has 0 spiro atoms. The van der Waals surface area contributed by atoms with Crippen LogP contribution in [0.15, 0.2) is 30.5 Å². The lowest BCUT2D eigenvalue weighted by molar-refractivity contribution is -0.147. The summed E-state index contributed by atoms with van der Waals surface area (Å²) in [4.78, 5) is 25.0. The summed E-state index contributed by atoms with van der Waals surface area (Å²) in [6, 6.07) is 8.16. The number of fused-ring (bicyclic) bond motifs is 1. The van der Waals surface area contributed by atoms with Crippen LogP contribution in [0.5, 0.6) is 0 Å². The van der Waals surface area contributed by atoms with Crippen molar-refractivity contribution >= 4 is 22.8 Å². The van der Waals surface area contributed by atoms with Gasteiger partial charge in [-0.2, -0.15) is 0 Å². The van der Waals surface area contributed by atoms with Gasteiger partial charge in [0.15, 0.2) is 0 Å². The van der Waals surface area contributed by atoms with Crippen LogP contribution in [0.25, 0.3) is 10.9 Å². The van der Waals surface area contributed by atoms with E-state index in [0.717, 1.165) is 11.1 Å². The number of ether oxygens (including phenoxy) is 1. The van der Waals surface area contributed by atoms with Gasteiger partial charge in [0.05, 0.1) is 19.1 Å². The molecule has 1 saturated heterocycles. The Labute approximate surface area is 140 Å². The van der Waals surface area contributed by atoms with Crippen LogP contribution in [-0.2, 0) is 27.8 Å². The average Bonchev–Trinajstić information content (AvgIpc) is 2.89. The summed E-state index contributed by atoms with van der Waals surface area (Å²) < 4.78 is 7.49. The molecule has 1 amide bonds. The molecule has 1 aromatic carbocycles. The van der Waals surface area contributed by atoms with Crippen LogP contribution in [-0.4, -0.2) is 52.3 Å². The first kappa shape index (κ1) is 16.5. The van der Waals surface area contributed by atoms with E-state index in [9.17, 15) is 9.59 Å². The highest BCUT2D eigenvalue weighted by molar-refractivity contribution is 5.85. The molecule has 1 aliphatic heterocycles. The monoisotopic (exact) mass is 330 g/mol. The molecule has 24 heavy (non-hydrogen) atoms. The zero-order valence-electron chi connectivity index (χ0n) is 13.8. The largest absolute Gasteiger partial charge is 0.481 e. The summed E-state index contributed by atoms with van der Waals surface area (Å²) in [5.74, 6) is -0.841. The molecule has 0 bridgehead atoms. The normalized spacial score (nSPS) is 18.0. The van der Waals surface area contributed by atoms with Crippen molar-refractivity contribution in [3.63, 3.8) is 0 Å². The Kier molecular flexibility index (Phi) is 4.85. The Balaban J connectivity index is 1.61. The minimum atomic E-state index is -0.898. The smallest absolute Gasteiger partial charge is 0.306 e. The number of rotatable bonds is 5. The number of amides is 1. The summed E-state index contributed by atoms with van der Waals surface area (Å²) >= 11 is 0. The number of carboxylic acid groups (broad SMARTS) is 1. The second kappa shape index (κ2) is 7.05. The molecule has 0 radical (unpaired) electrons. The predicted octanol–water partition coefficient (Wildman–Crippen LogP) is 1.81. The lowest BCUT2D eigenvalue weighted by Crippen LogP contribution is -2.46. The van der Waals surface area contributed by atoms with E-state index in [4.69, 9.17) is 9.84 Å². The maximum Gasteiger partial charge on any atom is 0.306 e. The number of nitrogens with zero attached hydrogens (tertiary/aromatic N) is 2. The summed E-state index contributed by atoms with van der Waals surface area (Å²) in [5, 5.41) is 10.0. The summed E-state index contributed by atoms with van der Waals surface area (Å²) in [7, 11) is 2.01. The van der Waals surface area contributed by atoms with Gasteiger partial charge < -0.3 is 19.3 Å². The molecule has 128 valence electrons. The van der Waals surface area contributed by atoms with E-state index >= 15 is 0 Å². The van der Waals surface area contributed by atoms with Crippen molar-refractivity contribution in [1.29, 1.82) is 0 Å². The van der Waals surface area contributed by atoms with Crippen molar-refractivity contribution in [2.75, 3.05) is 19.7 Å². The minimum absolute atomic E-state index is 0.0571. The van der Waals surface area contributed by atoms with Gasteiger partial charge in [0.25, 0.3) is 0 Å². The molecular weight excluding hydrogens is 308 g/mol. The highest BCUT2D eigenvalue weighted by Crippen LogP contribution is 2.22. The molecule has 0 saturated carbocycles. The van der Waals surface area contributed by atoms with Gasteiger partial charge in [0.1, 0.15) is 0 Å². The van der Waals surface area contributed by atoms with Crippen molar-refractivity contribution in [1.82, 2.24) is 9.47 Å². The third-order valence-corrected chi connectivity index (χ3v) is 4.48. The van der Waals surface area contributed by atoms with Gasteiger partial charge in [-0.15, -0.1) is 0 Å². The van der Waals surface area contributed by atoms with E-state index in [0.29, 0.717) is 32.5 Å². The van der Waals surface area contributed by atoms with Gasteiger partial charge in [-0.1, -0.05) is 18.2 Å². The van der Waals surface area contributed by atoms with Gasteiger partial charge in [-0.25, -0.2) is 0 Å². The first-order valence-corrected chi connectivity index (χ1v) is 8.18. The topological polar surface area (TPSA) is 71.8 Å². The first-order valence-electron chi connectivity index (χ1n) is 8.18. The molecule has 3 rings (SSSR count). The molecule has 6 nitrogen and oxygen atoms in total. The van der Waals surface area contributed by atoms with Crippen LogP contribution in [0.4, 0.5) is 0 Å². The summed E-state index contributed by atoms with van der Waals surface area (Å²) in [5.41, 5.74) is 2.32. The van der Waals surface area contributed by atoms with Crippen LogP contribution in [0.1, 0.15) is 18.4 Å². The van der Waals surface area contributed by atoms with Gasteiger partial charge >= 0.3 is 5.97 Å². The molecule has 1 aliphatic rings. The van der Waals surface area contributed by atoms with Gasteiger partial charge in [-0.05, 0) is 18.1 Å². The zero-order valence-corrected chi connectivity index (χ0v) is 13.8. The number of para-hydroxylation sites is 1. The first-order chi connectivity index (χ1) is 11.5. The molecule has 1 N–H and O–H groups in total.